The molecule has 1 unspecified atom stereocenters. The number of hydrogen-bond donors (Lipinski definition) is 1. The Balaban J connectivity index is 3.55. The summed E-state index contributed by atoms with van der Waals surface area (Å²) in [6.07, 6.45) is 0.216. The van der Waals surface area contributed by atoms with E-state index < -0.39 is 22.0 Å². The van der Waals surface area contributed by atoms with E-state index in [9.17, 15) is 18.3 Å². The molecule has 6 heteroatoms. The summed E-state index contributed by atoms with van der Waals surface area (Å²) >= 11 is 0. The number of benzene rings is 1. The van der Waals surface area contributed by atoms with Crippen molar-refractivity contribution >= 4 is 16.0 Å². The van der Waals surface area contributed by atoms with Gasteiger partial charge < -0.3 is 5.11 Å². The van der Waals surface area contributed by atoms with Gasteiger partial charge in [0, 0.05) is 7.05 Å². The average Bonchev–Trinajstić information content (AvgIpc) is 2.36. The Morgan fingerprint density at radius 1 is 1.19 bits per heavy atom. The summed E-state index contributed by atoms with van der Waals surface area (Å²) in [5.41, 5.74) is 3.11. The number of carboxylic acids is 1. The molecule has 0 aliphatic rings. The molecule has 0 heterocycles. The molecule has 1 rings (SSSR count). The van der Waals surface area contributed by atoms with E-state index in [0.29, 0.717) is 11.1 Å². The quantitative estimate of drug-likeness (QED) is 0.906. The van der Waals surface area contributed by atoms with Crippen LogP contribution in [0.4, 0.5) is 0 Å². The number of sulfonamides is 1. The Hall–Kier alpha value is -1.40. The van der Waals surface area contributed by atoms with Crippen molar-refractivity contribution in [1.29, 1.82) is 0 Å². The Morgan fingerprint density at radius 3 is 1.95 bits per heavy atom. The first-order valence-electron chi connectivity index (χ1n) is 6.83. The Labute approximate surface area is 126 Å². The largest absolute Gasteiger partial charge is 0.480 e. The number of hydrogen-bond acceptors (Lipinski definition) is 3. The molecule has 0 bridgehead atoms. The van der Waals surface area contributed by atoms with Gasteiger partial charge in [0.15, 0.2) is 0 Å². The van der Waals surface area contributed by atoms with Gasteiger partial charge in [0.1, 0.15) is 6.04 Å². The predicted molar refractivity (Wildman–Crippen MR) is 82.1 cm³/mol. The zero-order valence-corrected chi connectivity index (χ0v) is 14.2. The van der Waals surface area contributed by atoms with Crippen molar-refractivity contribution in [3.05, 3.63) is 28.3 Å². The van der Waals surface area contributed by atoms with Crippen molar-refractivity contribution in [2.45, 2.75) is 52.0 Å². The van der Waals surface area contributed by atoms with E-state index in [-0.39, 0.29) is 11.3 Å². The van der Waals surface area contributed by atoms with Crippen LogP contribution in [0.3, 0.4) is 0 Å². The van der Waals surface area contributed by atoms with Gasteiger partial charge in [0.05, 0.1) is 4.90 Å². The van der Waals surface area contributed by atoms with E-state index in [2.05, 4.69) is 0 Å². The fourth-order valence-corrected chi connectivity index (χ4v) is 4.42. The third-order valence-corrected chi connectivity index (χ3v) is 6.19. The van der Waals surface area contributed by atoms with Crippen LogP contribution in [-0.4, -0.2) is 36.9 Å². The Bertz CT molecular complexity index is 638. The van der Waals surface area contributed by atoms with Crippen molar-refractivity contribution < 1.29 is 18.3 Å². The Morgan fingerprint density at radius 2 is 1.62 bits per heavy atom. The lowest BCUT2D eigenvalue weighted by Gasteiger charge is -2.26. The fraction of sp³-hybridized carbons (Fsp3) is 0.533. The van der Waals surface area contributed by atoms with Gasteiger partial charge in [-0.1, -0.05) is 13.0 Å². The predicted octanol–water partition coefficient (Wildman–Crippen LogP) is 2.40. The van der Waals surface area contributed by atoms with Crippen LogP contribution in [-0.2, 0) is 14.8 Å². The van der Waals surface area contributed by atoms with Gasteiger partial charge in [-0.3, -0.25) is 4.79 Å². The third kappa shape index (κ3) is 3.11. The highest BCUT2D eigenvalue weighted by molar-refractivity contribution is 7.89. The normalized spacial score (nSPS) is 13.5. The van der Waals surface area contributed by atoms with Gasteiger partial charge in [-0.05, 0) is 56.4 Å². The maximum atomic E-state index is 12.8. The minimum absolute atomic E-state index is 0.216. The van der Waals surface area contributed by atoms with Gasteiger partial charge in [-0.15, -0.1) is 0 Å². The number of nitrogens with zero attached hydrogens (tertiary/aromatic N) is 1. The molecule has 0 amide bonds. The number of aliphatic carboxylic acids is 1. The number of carboxylic acid groups (broad SMARTS) is 1. The van der Waals surface area contributed by atoms with E-state index in [0.717, 1.165) is 15.4 Å². The summed E-state index contributed by atoms with van der Waals surface area (Å²) < 4.78 is 26.7. The molecule has 5 nitrogen and oxygen atoms in total. The molecular weight excluding hydrogens is 290 g/mol. The van der Waals surface area contributed by atoms with Crippen molar-refractivity contribution in [2.75, 3.05) is 7.05 Å². The van der Waals surface area contributed by atoms with Crippen LogP contribution in [0.5, 0.6) is 0 Å². The van der Waals surface area contributed by atoms with E-state index in [1.54, 1.807) is 20.8 Å². The first-order valence-corrected chi connectivity index (χ1v) is 8.27. The molecule has 0 aliphatic carbocycles. The molecule has 0 saturated carbocycles. The molecule has 0 aromatic heterocycles. The van der Waals surface area contributed by atoms with Crippen LogP contribution < -0.4 is 0 Å². The van der Waals surface area contributed by atoms with Gasteiger partial charge in [0.2, 0.25) is 10.0 Å². The highest BCUT2D eigenvalue weighted by atomic mass is 32.2. The molecule has 1 aromatic carbocycles. The first kappa shape index (κ1) is 17.7. The Kier molecular flexibility index (Phi) is 5.17. The topological polar surface area (TPSA) is 74.7 Å². The van der Waals surface area contributed by atoms with E-state index in [4.69, 9.17) is 0 Å². The van der Waals surface area contributed by atoms with Crippen molar-refractivity contribution in [3.8, 4) is 0 Å². The van der Waals surface area contributed by atoms with Crippen molar-refractivity contribution in [3.63, 3.8) is 0 Å². The van der Waals surface area contributed by atoms with Crippen molar-refractivity contribution in [1.82, 2.24) is 4.31 Å². The smallest absolute Gasteiger partial charge is 0.321 e. The monoisotopic (exact) mass is 313 g/mol. The number of rotatable bonds is 5. The van der Waals surface area contributed by atoms with E-state index in [1.807, 2.05) is 19.9 Å². The number of aryl methyl sites for hydroxylation is 2. The van der Waals surface area contributed by atoms with Crippen LogP contribution in [0.15, 0.2) is 11.0 Å². The molecule has 0 spiro atoms. The number of likely N-dealkylation sites (N-methyl/N-ethyl adjacent to an activating group) is 1. The lowest BCUT2D eigenvalue weighted by Crippen LogP contribution is -2.42. The minimum atomic E-state index is -3.85. The van der Waals surface area contributed by atoms with Gasteiger partial charge in [-0.2, -0.15) is 4.31 Å². The van der Waals surface area contributed by atoms with Crippen LogP contribution >= 0.6 is 0 Å². The fourth-order valence-electron chi connectivity index (χ4n) is 2.47. The highest BCUT2D eigenvalue weighted by Crippen LogP contribution is 2.29. The van der Waals surface area contributed by atoms with Crippen LogP contribution in [0.25, 0.3) is 0 Å². The van der Waals surface area contributed by atoms with Crippen LogP contribution in [0, 0.1) is 27.7 Å². The number of carbonyl (C=O) groups is 1. The standard InChI is InChI=1S/C15H23NO4S/c1-7-13(15(17)18)16(6)21(19,20)14-11(4)9(2)8-10(3)12(14)5/h8,13H,7H2,1-6H3,(H,17,18). The van der Waals surface area contributed by atoms with Crippen LogP contribution in [0.2, 0.25) is 0 Å². The summed E-state index contributed by atoms with van der Waals surface area (Å²) in [4.78, 5) is 11.5. The summed E-state index contributed by atoms with van der Waals surface area (Å²) in [5.74, 6) is -1.14. The molecule has 118 valence electrons. The third-order valence-electron chi connectivity index (χ3n) is 4.04. The highest BCUT2D eigenvalue weighted by Gasteiger charge is 2.34. The summed E-state index contributed by atoms with van der Waals surface area (Å²) in [6, 6.07) is 0.882. The lowest BCUT2D eigenvalue weighted by atomic mass is 10.0. The minimum Gasteiger partial charge on any atom is -0.480 e. The summed E-state index contributed by atoms with van der Waals surface area (Å²) in [7, 11) is -2.52. The maximum Gasteiger partial charge on any atom is 0.321 e. The maximum absolute atomic E-state index is 12.8. The molecule has 0 aliphatic heterocycles. The molecule has 1 atom stereocenters. The summed E-state index contributed by atoms with van der Waals surface area (Å²) in [6.45, 7) is 8.88. The summed E-state index contributed by atoms with van der Waals surface area (Å²) in [5, 5.41) is 9.20. The second-order valence-electron chi connectivity index (χ2n) is 5.37. The zero-order chi connectivity index (χ0) is 16.5. The molecule has 0 fully saturated rings. The van der Waals surface area contributed by atoms with E-state index in [1.165, 1.54) is 7.05 Å². The lowest BCUT2D eigenvalue weighted by molar-refractivity contribution is -0.141. The van der Waals surface area contributed by atoms with E-state index >= 15 is 0 Å². The van der Waals surface area contributed by atoms with Gasteiger partial charge in [0.25, 0.3) is 0 Å². The molecule has 1 aromatic rings. The second-order valence-corrected chi connectivity index (χ2v) is 7.31. The first-order chi connectivity index (χ1) is 9.55. The second kappa shape index (κ2) is 6.15. The van der Waals surface area contributed by atoms with Crippen molar-refractivity contribution in [2.24, 2.45) is 0 Å². The zero-order valence-electron chi connectivity index (χ0n) is 13.4. The molecule has 21 heavy (non-hydrogen) atoms. The average molecular weight is 313 g/mol. The molecule has 0 saturated heterocycles. The van der Waals surface area contributed by atoms with Gasteiger partial charge >= 0.3 is 5.97 Å². The molecular formula is C15H23NO4S. The molecule has 1 N–H and O–H groups in total. The SMILES string of the molecule is CCC(C(=O)O)N(C)S(=O)(=O)c1c(C)c(C)cc(C)c1C. The van der Waals surface area contributed by atoms with Crippen LogP contribution in [0.1, 0.15) is 35.6 Å². The molecule has 0 radical (unpaired) electrons. The van der Waals surface area contributed by atoms with Gasteiger partial charge in [-0.25, -0.2) is 8.42 Å².